The van der Waals surface area contributed by atoms with Crippen LogP contribution in [-0.4, -0.2) is 31.3 Å². The van der Waals surface area contributed by atoms with Gasteiger partial charge in [0.2, 0.25) is 0 Å². The van der Waals surface area contributed by atoms with Crippen molar-refractivity contribution < 1.29 is 9.13 Å². The van der Waals surface area contributed by atoms with E-state index in [0.29, 0.717) is 13.1 Å². The van der Waals surface area contributed by atoms with Crippen LogP contribution in [-0.2, 0) is 11.3 Å². The zero-order valence-corrected chi connectivity index (χ0v) is 13.6. The first-order valence-corrected chi connectivity index (χ1v) is 7.84. The largest absolute Gasteiger partial charge is 0.369 e. The van der Waals surface area contributed by atoms with Crippen molar-refractivity contribution in [3.8, 4) is 0 Å². The summed E-state index contributed by atoms with van der Waals surface area (Å²) in [5.74, 6) is -0.143. The number of morpholine rings is 1. The molecule has 0 bridgehead atoms. The molecule has 3 nitrogen and oxygen atoms in total. The lowest BCUT2D eigenvalue weighted by atomic mass is 10.0. The summed E-state index contributed by atoms with van der Waals surface area (Å²) in [6, 6.07) is 5.34. The number of para-hydroxylation sites is 1. The van der Waals surface area contributed by atoms with Gasteiger partial charge in [-0.1, -0.05) is 19.1 Å². The van der Waals surface area contributed by atoms with Gasteiger partial charge in [0.25, 0.3) is 0 Å². The topological polar surface area (TPSA) is 24.5 Å². The Labute approximate surface area is 127 Å². The highest BCUT2D eigenvalue weighted by Crippen LogP contribution is 2.30. The zero-order valence-electron chi connectivity index (χ0n) is 13.6. The predicted molar refractivity (Wildman–Crippen MR) is 85.2 cm³/mol. The van der Waals surface area contributed by atoms with E-state index in [1.165, 1.54) is 0 Å². The molecule has 1 saturated heterocycles. The summed E-state index contributed by atoms with van der Waals surface area (Å²) in [6.45, 7) is 11.4. The standard InChI is InChI=1S/C17H27FN2O/c1-5-9-19-10-14-7-6-8-15(18)16(14)20-11-13(2)21-17(3,4)12-20/h6-8,13,19H,5,9-12H2,1-4H3. The van der Waals surface area contributed by atoms with Crippen molar-refractivity contribution in [2.24, 2.45) is 0 Å². The van der Waals surface area contributed by atoms with Crippen molar-refractivity contribution in [2.45, 2.75) is 52.4 Å². The summed E-state index contributed by atoms with van der Waals surface area (Å²) in [5.41, 5.74) is 1.49. The molecule has 118 valence electrons. The fourth-order valence-corrected chi connectivity index (χ4v) is 3.08. The minimum Gasteiger partial charge on any atom is -0.369 e. The molecule has 1 N–H and O–H groups in total. The molecular formula is C17H27FN2O. The third-order valence-corrected chi connectivity index (χ3v) is 3.70. The van der Waals surface area contributed by atoms with Crippen LogP contribution in [0.1, 0.15) is 39.7 Å². The Bertz CT molecular complexity index is 476. The molecule has 0 aliphatic carbocycles. The summed E-state index contributed by atoms with van der Waals surface area (Å²) >= 11 is 0. The number of hydrogen-bond acceptors (Lipinski definition) is 3. The molecule has 1 unspecified atom stereocenters. The molecule has 0 spiro atoms. The van der Waals surface area contributed by atoms with Crippen molar-refractivity contribution in [2.75, 3.05) is 24.5 Å². The molecule has 0 saturated carbocycles. The SMILES string of the molecule is CCCNCc1cccc(F)c1N1CC(C)OC(C)(C)C1. The van der Waals surface area contributed by atoms with Gasteiger partial charge >= 0.3 is 0 Å². The third-order valence-electron chi connectivity index (χ3n) is 3.70. The fourth-order valence-electron chi connectivity index (χ4n) is 3.08. The van der Waals surface area contributed by atoms with E-state index < -0.39 is 0 Å². The summed E-state index contributed by atoms with van der Waals surface area (Å²) < 4.78 is 20.3. The van der Waals surface area contributed by atoms with Crippen molar-refractivity contribution in [3.05, 3.63) is 29.6 Å². The maximum Gasteiger partial charge on any atom is 0.146 e. The summed E-state index contributed by atoms with van der Waals surface area (Å²) in [4.78, 5) is 2.13. The van der Waals surface area contributed by atoms with Crippen molar-refractivity contribution in [3.63, 3.8) is 0 Å². The molecule has 1 atom stereocenters. The van der Waals surface area contributed by atoms with Crippen LogP contribution in [0.4, 0.5) is 10.1 Å². The molecule has 1 aromatic carbocycles. The number of anilines is 1. The van der Waals surface area contributed by atoms with Crippen molar-refractivity contribution in [1.82, 2.24) is 5.32 Å². The van der Waals surface area contributed by atoms with Crippen LogP contribution in [0.15, 0.2) is 18.2 Å². The van der Waals surface area contributed by atoms with Crippen LogP contribution < -0.4 is 10.2 Å². The molecular weight excluding hydrogens is 267 g/mol. The monoisotopic (exact) mass is 294 g/mol. The van der Waals surface area contributed by atoms with Crippen LogP contribution in [0.2, 0.25) is 0 Å². The highest BCUT2D eigenvalue weighted by molar-refractivity contribution is 5.55. The van der Waals surface area contributed by atoms with Crippen LogP contribution in [0.3, 0.4) is 0 Å². The molecule has 2 rings (SSSR count). The van der Waals surface area contributed by atoms with Crippen LogP contribution in [0, 0.1) is 5.82 Å². The van der Waals surface area contributed by atoms with Crippen LogP contribution in [0.5, 0.6) is 0 Å². The first kappa shape index (κ1) is 16.2. The van der Waals surface area contributed by atoms with Gasteiger partial charge in [-0.05, 0) is 45.4 Å². The lowest BCUT2D eigenvalue weighted by Crippen LogP contribution is -2.52. The van der Waals surface area contributed by atoms with Gasteiger partial charge in [0.1, 0.15) is 5.82 Å². The van der Waals surface area contributed by atoms with E-state index in [4.69, 9.17) is 4.74 Å². The first-order chi connectivity index (χ1) is 9.93. The highest BCUT2D eigenvalue weighted by atomic mass is 19.1. The van der Waals surface area contributed by atoms with Gasteiger partial charge in [-0.3, -0.25) is 0 Å². The highest BCUT2D eigenvalue weighted by Gasteiger charge is 2.33. The second-order valence-electron chi connectivity index (χ2n) is 6.49. The second kappa shape index (κ2) is 6.75. The van der Waals surface area contributed by atoms with Crippen molar-refractivity contribution >= 4 is 5.69 Å². The van der Waals surface area contributed by atoms with E-state index in [0.717, 1.165) is 30.8 Å². The molecule has 0 aromatic heterocycles. The van der Waals surface area contributed by atoms with Gasteiger partial charge in [0.05, 0.1) is 17.4 Å². The van der Waals surface area contributed by atoms with Gasteiger partial charge in [-0.25, -0.2) is 4.39 Å². The second-order valence-corrected chi connectivity index (χ2v) is 6.49. The number of nitrogens with zero attached hydrogens (tertiary/aromatic N) is 1. The number of halogens is 1. The fraction of sp³-hybridized carbons (Fsp3) is 0.647. The number of ether oxygens (including phenoxy) is 1. The van der Waals surface area contributed by atoms with E-state index in [2.05, 4.69) is 31.0 Å². The average molecular weight is 294 g/mol. The lowest BCUT2D eigenvalue weighted by molar-refractivity contribution is -0.0751. The number of benzene rings is 1. The number of rotatable bonds is 5. The zero-order chi connectivity index (χ0) is 15.5. The molecule has 1 aliphatic heterocycles. The molecule has 1 heterocycles. The molecule has 21 heavy (non-hydrogen) atoms. The Morgan fingerprint density at radius 2 is 2.19 bits per heavy atom. The Morgan fingerprint density at radius 1 is 1.43 bits per heavy atom. The molecule has 0 amide bonds. The quantitative estimate of drug-likeness (QED) is 0.843. The van der Waals surface area contributed by atoms with E-state index in [1.54, 1.807) is 12.1 Å². The summed E-state index contributed by atoms with van der Waals surface area (Å²) in [7, 11) is 0. The summed E-state index contributed by atoms with van der Waals surface area (Å²) in [5, 5.41) is 3.37. The van der Waals surface area contributed by atoms with E-state index >= 15 is 0 Å². The molecule has 1 fully saturated rings. The maximum absolute atomic E-state index is 14.4. The Balaban J connectivity index is 2.24. The maximum atomic E-state index is 14.4. The van der Waals surface area contributed by atoms with Crippen LogP contribution >= 0.6 is 0 Å². The smallest absolute Gasteiger partial charge is 0.146 e. The van der Waals surface area contributed by atoms with Gasteiger partial charge < -0.3 is 15.0 Å². The molecule has 0 radical (unpaired) electrons. The van der Waals surface area contributed by atoms with Crippen molar-refractivity contribution in [1.29, 1.82) is 0 Å². The Hall–Kier alpha value is -1.13. The van der Waals surface area contributed by atoms with Gasteiger partial charge in [-0.2, -0.15) is 0 Å². The lowest BCUT2D eigenvalue weighted by Gasteiger charge is -2.43. The molecule has 4 heteroatoms. The van der Waals surface area contributed by atoms with E-state index in [9.17, 15) is 4.39 Å². The van der Waals surface area contributed by atoms with Gasteiger partial charge in [-0.15, -0.1) is 0 Å². The van der Waals surface area contributed by atoms with Gasteiger partial charge in [0.15, 0.2) is 0 Å². The Kier molecular flexibility index (Phi) is 5.22. The molecule has 1 aromatic rings. The third kappa shape index (κ3) is 4.17. The van der Waals surface area contributed by atoms with E-state index in [1.807, 2.05) is 13.0 Å². The number of hydrogen-bond donors (Lipinski definition) is 1. The predicted octanol–water partition coefficient (Wildman–Crippen LogP) is 3.33. The Morgan fingerprint density at radius 3 is 2.86 bits per heavy atom. The minimum atomic E-state index is -0.256. The minimum absolute atomic E-state index is 0.102. The normalized spacial score (nSPS) is 21.6. The number of nitrogens with one attached hydrogen (secondary N) is 1. The van der Waals surface area contributed by atoms with E-state index in [-0.39, 0.29) is 17.5 Å². The first-order valence-electron chi connectivity index (χ1n) is 7.84. The van der Waals surface area contributed by atoms with Gasteiger partial charge in [0, 0.05) is 19.6 Å². The average Bonchev–Trinajstić information content (AvgIpc) is 2.36. The summed E-state index contributed by atoms with van der Waals surface area (Å²) in [6.07, 6.45) is 1.18. The molecule has 1 aliphatic rings. The van der Waals surface area contributed by atoms with Crippen LogP contribution in [0.25, 0.3) is 0 Å².